The van der Waals surface area contributed by atoms with E-state index in [4.69, 9.17) is 0 Å². The first-order valence-corrected chi connectivity index (χ1v) is 9.17. The van der Waals surface area contributed by atoms with Crippen LogP contribution in [-0.4, -0.2) is 12.3 Å². The van der Waals surface area contributed by atoms with E-state index in [9.17, 15) is 9.59 Å². The maximum absolute atomic E-state index is 13.0. The third-order valence-corrected chi connectivity index (χ3v) is 5.16. The van der Waals surface area contributed by atoms with Gasteiger partial charge in [0.1, 0.15) is 6.04 Å². The van der Waals surface area contributed by atoms with Crippen LogP contribution in [0.25, 0.3) is 0 Å². The summed E-state index contributed by atoms with van der Waals surface area (Å²) in [4.78, 5) is 25.9. The summed E-state index contributed by atoms with van der Waals surface area (Å²) in [5.74, 6) is -0.239. The van der Waals surface area contributed by atoms with Gasteiger partial charge in [0.25, 0.3) is 0 Å². The van der Waals surface area contributed by atoms with Gasteiger partial charge in [-0.1, -0.05) is 60.7 Å². The Hall–Kier alpha value is -2.92. The van der Waals surface area contributed by atoms with Gasteiger partial charge in [-0.25, -0.2) is 0 Å². The fraction of sp³-hybridized carbons (Fsp3) is 0.143. The van der Waals surface area contributed by atoms with Crippen molar-refractivity contribution >= 4 is 23.7 Å². The van der Waals surface area contributed by atoms with Crippen LogP contribution in [0.1, 0.15) is 33.0 Å². The zero-order valence-corrected chi connectivity index (χ0v) is 15.2. The number of hydrogen-bond acceptors (Lipinski definition) is 3. The van der Waals surface area contributed by atoms with Gasteiger partial charge in [-0.2, -0.15) is 0 Å². The molecule has 4 nitrogen and oxygen atoms in total. The highest BCUT2D eigenvalue weighted by Gasteiger charge is 2.25. The molecule has 0 aliphatic rings. The van der Waals surface area contributed by atoms with E-state index in [1.54, 1.807) is 0 Å². The lowest BCUT2D eigenvalue weighted by molar-refractivity contribution is -0.125. The third-order valence-electron chi connectivity index (χ3n) is 4.09. The molecule has 1 atom stereocenters. The molecule has 2 N–H and O–H groups in total. The van der Waals surface area contributed by atoms with Crippen molar-refractivity contribution in [3.63, 3.8) is 0 Å². The van der Waals surface area contributed by atoms with E-state index in [1.807, 2.05) is 79.7 Å². The summed E-state index contributed by atoms with van der Waals surface area (Å²) in [5.41, 5.74) is 1.97. The summed E-state index contributed by atoms with van der Waals surface area (Å²) in [6.07, 6.45) is 0.569. The smallest absolute Gasteiger partial charge is 0.248 e. The Kier molecular flexibility index (Phi) is 5.81. The summed E-state index contributed by atoms with van der Waals surface area (Å²) >= 11 is 1.50. The summed E-state index contributed by atoms with van der Waals surface area (Å²) in [6, 6.07) is 22.4. The van der Waals surface area contributed by atoms with Gasteiger partial charge in [-0.3, -0.25) is 9.59 Å². The summed E-state index contributed by atoms with van der Waals surface area (Å²) in [6.45, 7) is 1.97. The molecule has 0 saturated carbocycles. The van der Waals surface area contributed by atoms with E-state index < -0.39 is 6.04 Å². The molecule has 3 rings (SSSR count). The van der Waals surface area contributed by atoms with Gasteiger partial charge in [-0.05, 0) is 30.2 Å². The Balaban J connectivity index is 1.90. The predicted octanol–water partition coefficient (Wildman–Crippen LogP) is 3.75. The average molecular weight is 364 g/mol. The second-order valence-electron chi connectivity index (χ2n) is 5.93. The normalized spacial score (nSPS) is 11.8. The van der Waals surface area contributed by atoms with Gasteiger partial charge in [0.15, 0.2) is 0 Å². The average Bonchev–Trinajstić information content (AvgIpc) is 3.11. The Morgan fingerprint density at radius 3 is 1.96 bits per heavy atom. The first-order chi connectivity index (χ1) is 12.7. The minimum Gasteiger partial charge on any atom is -0.343 e. The highest BCUT2D eigenvalue weighted by molar-refractivity contribution is 7.12. The van der Waals surface area contributed by atoms with Gasteiger partial charge < -0.3 is 10.6 Å². The molecule has 0 aliphatic heterocycles. The van der Waals surface area contributed by atoms with E-state index in [-0.39, 0.29) is 11.9 Å². The van der Waals surface area contributed by atoms with Crippen molar-refractivity contribution in [3.8, 4) is 0 Å². The Bertz CT molecular complexity index is 822. The van der Waals surface area contributed by atoms with Crippen LogP contribution in [0.2, 0.25) is 0 Å². The molecule has 26 heavy (non-hydrogen) atoms. The molecule has 1 unspecified atom stereocenters. The van der Waals surface area contributed by atoms with E-state index >= 15 is 0 Å². The fourth-order valence-corrected chi connectivity index (χ4v) is 3.78. The van der Waals surface area contributed by atoms with Crippen molar-refractivity contribution in [2.75, 3.05) is 0 Å². The molecule has 0 bridgehead atoms. The zero-order chi connectivity index (χ0) is 18.4. The second-order valence-corrected chi connectivity index (χ2v) is 7.25. The van der Waals surface area contributed by atoms with Crippen molar-refractivity contribution in [1.82, 2.24) is 10.6 Å². The molecule has 3 aromatic rings. The third kappa shape index (κ3) is 4.18. The zero-order valence-electron chi connectivity index (χ0n) is 14.4. The van der Waals surface area contributed by atoms with E-state index in [1.165, 1.54) is 11.3 Å². The largest absolute Gasteiger partial charge is 0.343 e. The fourth-order valence-electron chi connectivity index (χ4n) is 2.84. The molecule has 1 heterocycles. The number of hydrogen-bond donors (Lipinski definition) is 2. The highest BCUT2D eigenvalue weighted by Crippen LogP contribution is 2.26. The number of aryl methyl sites for hydroxylation is 1. The minimum absolute atomic E-state index is 0.239. The number of carbonyl (C=O) groups is 2. The maximum atomic E-state index is 13.0. The van der Waals surface area contributed by atoms with Gasteiger partial charge in [0.2, 0.25) is 12.3 Å². The minimum atomic E-state index is -0.707. The van der Waals surface area contributed by atoms with Crippen molar-refractivity contribution in [2.24, 2.45) is 0 Å². The molecule has 5 heteroatoms. The van der Waals surface area contributed by atoms with Crippen LogP contribution in [-0.2, 0) is 9.59 Å². The standard InChI is InChI=1S/C21H20N2O2S/c1-15-12-13-18(26-15)20(22-14-24)21(25)23-19(16-8-4-2-5-9-16)17-10-6-3-7-11-17/h2-14,19-20H,1H3,(H,22,24)(H,23,25). The number of amides is 2. The highest BCUT2D eigenvalue weighted by atomic mass is 32.1. The van der Waals surface area contributed by atoms with Gasteiger partial charge in [0.05, 0.1) is 6.04 Å². The van der Waals surface area contributed by atoms with Crippen molar-refractivity contribution < 1.29 is 9.59 Å². The maximum Gasteiger partial charge on any atom is 0.248 e. The molecule has 0 spiro atoms. The number of carbonyl (C=O) groups excluding carboxylic acids is 2. The van der Waals surface area contributed by atoms with Crippen LogP contribution in [0, 0.1) is 6.92 Å². The van der Waals surface area contributed by atoms with Crippen LogP contribution in [0.4, 0.5) is 0 Å². The van der Waals surface area contributed by atoms with E-state index in [0.717, 1.165) is 20.9 Å². The van der Waals surface area contributed by atoms with Crippen LogP contribution in [0.3, 0.4) is 0 Å². The quantitative estimate of drug-likeness (QED) is 0.627. The van der Waals surface area contributed by atoms with E-state index in [2.05, 4.69) is 10.6 Å². The molecular weight excluding hydrogens is 344 g/mol. The van der Waals surface area contributed by atoms with Crippen LogP contribution < -0.4 is 10.6 Å². The predicted molar refractivity (Wildman–Crippen MR) is 104 cm³/mol. The lowest BCUT2D eigenvalue weighted by atomic mass is 9.98. The topological polar surface area (TPSA) is 58.2 Å². The Morgan fingerprint density at radius 2 is 1.50 bits per heavy atom. The molecule has 2 amide bonds. The molecule has 132 valence electrons. The lowest BCUT2D eigenvalue weighted by Gasteiger charge is -2.23. The Labute approximate surface area is 156 Å². The number of rotatable bonds is 7. The van der Waals surface area contributed by atoms with Crippen LogP contribution >= 0.6 is 11.3 Å². The number of benzene rings is 2. The number of thiophene rings is 1. The number of nitrogens with one attached hydrogen (secondary N) is 2. The summed E-state index contributed by atoms with van der Waals surface area (Å²) in [7, 11) is 0. The first kappa shape index (κ1) is 17.9. The summed E-state index contributed by atoms with van der Waals surface area (Å²) < 4.78 is 0. The molecule has 2 aromatic carbocycles. The lowest BCUT2D eigenvalue weighted by Crippen LogP contribution is -2.39. The molecule has 0 aliphatic carbocycles. The van der Waals surface area contributed by atoms with Gasteiger partial charge in [0, 0.05) is 9.75 Å². The molecule has 0 fully saturated rings. The molecular formula is C21H20N2O2S. The van der Waals surface area contributed by atoms with Crippen molar-refractivity contribution in [1.29, 1.82) is 0 Å². The molecule has 1 aromatic heterocycles. The SMILES string of the molecule is Cc1ccc(C(NC=O)C(=O)NC(c2ccccc2)c2ccccc2)s1. The summed E-state index contributed by atoms with van der Waals surface area (Å²) in [5, 5.41) is 5.73. The monoisotopic (exact) mass is 364 g/mol. The van der Waals surface area contributed by atoms with E-state index in [0.29, 0.717) is 6.41 Å². The first-order valence-electron chi connectivity index (χ1n) is 8.35. The Morgan fingerprint density at radius 1 is 0.923 bits per heavy atom. The molecule has 0 saturated heterocycles. The van der Waals surface area contributed by atoms with Crippen molar-refractivity contribution in [3.05, 3.63) is 93.7 Å². The van der Waals surface area contributed by atoms with Crippen LogP contribution in [0.15, 0.2) is 72.8 Å². The van der Waals surface area contributed by atoms with Crippen LogP contribution in [0.5, 0.6) is 0 Å². The van der Waals surface area contributed by atoms with Gasteiger partial charge >= 0.3 is 0 Å². The van der Waals surface area contributed by atoms with Crippen molar-refractivity contribution in [2.45, 2.75) is 19.0 Å². The molecule has 0 radical (unpaired) electrons. The second kappa shape index (κ2) is 8.45. The van der Waals surface area contributed by atoms with Gasteiger partial charge in [-0.15, -0.1) is 11.3 Å².